The number of nitriles is 1. The lowest BCUT2D eigenvalue weighted by Gasteiger charge is -2.09. The van der Waals surface area contributed by atoms with E-state index in [-0.39, 0.29) is 12.2 Å². The first-order valence-corrected chi connectivity index (χ1v) is 10.5. The number of halogens is 3. The predicted octanol–water partition coefficient (Wildman–Crippen LogP) is 6.78. The molecule has 5 nitrogen and oxygen atoms in total. The van der Waals surface area contributed by atoms with Crippen molar-refractivity contribution in [3.05, 3.63) is 92.4 Å². The second-order valence-electron chi connectivity index (χ2n) is 6.57. The van der Waals surface area contributed by atoms with E-state index >= 15 is 0 Å². The van der Waals surface area contributed by atoms with Crippen molar-refractivity contribution in [1.29, 1.82) is 5.26 Å². The minimum atomic E-state index is -0.541. The van der Waals surface area contributed by atoms with Gasteiger partial charge in [0.2, 0.25) is 0 Å². The molecule has 0 aliphatic rings. The van der Waals surface area contributed by atoms with Crippen LogP contribution in [0.25, 0.3) is 6.08 Å². The molecule has 0 unspecified atom stereocenters. The number of carbonyl (C=O) groups is 1. The van der Waals surface area contributed by atoms with Gasteiger partial charge in [0.05, 0.1) is 12.1 Å². The lowest BCUT2D eigenvalue weighted by atomic mass is 10.1. The van der Waals surface area contributed by atoms with E-state index in [0.29, 0.717) is 37.8 Å². The number of carbonyl (C=O) groups excluding carboxylic acids is 1. The molecule has 1 N–H and O–H groups in total. The summed E-state index contributed by atoms with van der Waals surface area (Å²) in [6.07, 6.45) is 1.45. The SMILES string of the molecule is COc1ccc(/C=C(\C#N)C(=O)Nc2ccc(OCc3ccc(Cl)cc3Cl)cc2)cc1Cl. The van der Waals surface area contributed by atoms with E-state index in [9.17, 15) is 10.1 Å². The highest BCUT2D eigenvalue weighted by Crippen LogP contribution is 2.26. The average Bonchev–Trinajstić information content (AvgIpc) is 2.78. The molecule has 0 radical (unpaired) electrons. The quantitative estimate of drug-likeness (QED) is 0.294. The summed E-state index contributed by atoms with van der Waals surface area (Å²) in [4.78, 5) is 12.5. The highest BCUT2D eigenvalue weighted by molar-refractivity contribution is 6.35. The maximum atomic E-state index is 12.5. The van der Waals surface area contributed by atoms with E-state index in [4.69, 9.17) is 44.3 Å². The maximum Gasteiger partial charge on any atom is 0.266 e. The van der Waals surface area contributed by atoms with E-state index in [0.717, 1.165) is 5.56 Å². The molecule has 0 aliphatic carbocycles. The third-order valence-electron chi connectivity index (χ3n) is 4.37. The van der Waals surface area contributed by atoms with E-state index < -0.39 is 5.91 Å². The number of nitrogens with one attached hydrogen (secondary N) is 1. The summed E-state index contributed by atoms with van der Waals surface area (Å²) < 4.78 is 10.8. The van der Waals surface area contributed by atoms with Crippen molar-refractivity contribution >= 4 is 52.5 Å². The number of hydrogen-bond acceptors (Lipinski definition) is 4. The number of rotatable bonds is 7. The maximum absolute atomic E-state index is 12.5. The molecular weight excluding hydrogens is 471 g/mol. The fourth-order valence-corrected chi connectivity index (χ4v) is 3.45. The topological polar surface area (TPSA) is 71.3 Å². The molecule has 0 atom stereocenters. The molecule has 3 aromatic rings. The molecule has 0 heterocycles. The van der Waals surface area contributed by atoms with Crippen molar-refractivity contribution in [2.75, 3.05) is 12.4 Å². The predicted molar refractivity (Wildman–Crippen MR) is 127 cm³/mol. The van der Waals surface area contributed by atoms with Crippen LogP contribution in [0.5, 0.6) is 11.5 Å². The Bertz CT molecular complexity index is 1200. The molecule has 0 fully saturated rings. The molecule has 32 heavy (non-hydrogen) atoms. The number of amides is 1. The van der Waals surface area contributed by atoms with Crippen molar-refractivity contribution in [1.82, 2.24) is 0 Å². The van der Waals surface area contributed by atoms with Crippen molar-refractivity contribution < 1.29 is 14.3 Å². The highest BCUT2D eigenvalue weighted by atomic mass is 35.5. The summed E-state index contributed by atoms with van der Waals surface area (Å²) in [5.41, 5.74) is 1.85. The van der Waals surface area contributed by atoms with E-state index in [2.05, 4.69) is 5.32 Å². The first-order valence-electron chi connectivity index (χ1n) is 9.33. The number of anilines is 1. The van der Waals surface area contributed by atoms with Crippen LogP contribution in [-0.4, -0.2) is 13.0 Å². The van der Waals surface area contributed by atoms with Gasteiger partial charge in [0.15, 0.2) is 0 Å². The molecule has 0 saturated carbocycles. The molecule has 0 saturated heterocycles. The van der Waals surface area contributed by atoms with Gasteiger partial charge in [-0.15, -0.1) is 0 Å². The Morgan fingerprint density at radius 2 is 1.78 bits per heavy atom. The minimum Gasteiger partial charge on any atom is -0.495 e. The van der Waals surface area contributed by atoms with E-state index in [1.807, 2.05) is 6.07 Å². The van der Waals surface area contributed by atoms with Crippen molar-refractivity contribution in [2.24, 2.45) is 0 Å². The van der Waals surface area contributed by atoms with Crippen LogP contribution in [0.15, 0.2) is 66.2 Å². The molecule has 3 aromatic carbocycles. The molecular formula is C24H17Cl3N2O3. The molecule has 8 heteroatoms. The fraction of sp³-hybridized carbons (Fsp3) is 0.0833. The van der Waals surface area contributed by atoms with Gasteiger partial charge in [-0.2, -0.15) is 5.26 Å². The van der Waals surface area contributed by atoms with Crippen molar-refractivity contribution in [3.8, 4) is 17.6 Å². The second-order valence-corrected chi connectivity index (χ2v) is 7.82. The first-order chi connectivity index (χ1) is 15.4. The second kappa shape index (κ2) is 10.9. The van der Waals surface area contributed by atoms with Crippen molar-refractivity contribution in [2.45, 2.75) is 6.61 Å². The molecule has 162 valence electrons. The normalized spacial score (nSPS) is 10.9. The Labute approximate surface area is 200 Å². The van der Waals surface area contributed by atoms with Gasteiger partial charge in [-0.05, 0) is 60.2 Å². The van der Waals surface area contributed by atoms with Crippen LogP contribution in [0, 0.1) is 11.3 Å². The molecule has 1 amide bonds. The first kappa shape index (κ1) is 23.5. The molecule has 0 aliphatic heterocycles. The monoisotopic (exact) mass is 486 g/mol. The Morgan fingerprint density at radius 3 is 2.41 bits per heavy atom. The Morgan fingerprint density at radius 1 is 1.03 bits per heavy atom. The largest absolute Gasteiger partial charge is 0.495 e. The third-order valence-corrected chi connectivity index (χ3v) is 5.26. The van der Waals surface area contributed by atoms with Crippen LogP contribution < -0.4 is 14.8 Å². The Hall–Kier alpha value is -3.17. The summed E-state index contributed by atoms with van der Waals surface area (Å²) in [6.45, 7) is 0.271. The Balaban J connectivity index is 1.64. The standard InChI is InChI=1S/C24H17Cl3N2O3/c1-31-23-9-2-15(11-22(23)27)10-17(13-28)24(30)29-19-5-7-20(8-6-19)32-14-16-3-4-18(25)12-21(16)26/h2-12H,14H2,1H3,(H,29,30)/b17-10+. The third kappa shape index (κ3) is 6.18. The number of methoxy groups -OCH3 is 1. The smallest absolute Gasteiger partial charge is 0.266 e. The van der Waals surface area contributed by atoms with Crippen LogP contribution in [-0.2, 0) is 11.4 Å². The number of ether oxygens (including phenoxy) is 2. The van der Waals surface area contributed by atoms with Gasteiger partial charge < -0.3 is 14.8 Å². The van der Waals surface area contributed by atoms with Crippen molar-refractivity contribution in [3.63, 3.8) is 0 Å². The molecule has 0 aromatic heterocycles. The summed E-state index contributed by atoms with van der Waals surface area (Å²) in [6, 6.07) is 18.8. The summed E-state index contributed by atoms with van der Waals surface area (Å²) >= 11 is 18.1. The van der Waals surface area contributed by atoms with Gasteiger partial charge in [-0.25, -0.2) is 0 Å². The van der Waals surface area contributed by atoms with Gasteiger partial charge >= 0.3 is 0 Å². The number of nitrogens with zero attached hydrogens (tertiary/aromatic N) is 1. The fourth-order valence-electron chi connectivity index (χ4n) is 2.72. The van der Waals surface area contributed by atoms with Crippen LogP contribution in [0.1, 0.15) is 11.1 Å². The van der Waals surface area contributed by atoms with Gasteiger partial charge in [-0.1, -0.05) is 46.9 Å². The Kier molecular flexibility index (Phi) is 8.02. The van der Waals surface area contributed by atoms with Gasteiger partial charge in [0.1, 0.15) is 29.7 Å². The molecule has 3 rings (SSSR count). The zero-order valence-corrected chi connectivity index (χ0v) is 19.1. The van der Waals surface area contributed by atoms with Gasteiger partial charge in [0, 0.05) is 21.3 Å². The van der Waals surface area contributed by atoms with Gasteiger partial charge in [-0.3, -0.25) is 4.79 Å². The van der Waals surface area contributed by atoms with Crippen LogP contribution >= 0.6 is 34.8 Å². The van der Waals surface area contributed by atoms with Crippen LogP contribution in [0.4, 0.5) is 5.69 Å². The van der Waals surface area contributed by atoms with E-state index in [1.165, 1.54) is 13.2 Å². The van der Waals surface area contributed by atoms with Gasteiger partial charge in [0.25, 0.3) is 5.91 Å². The highest BCUT2D eigenvalue weighted by Gasteiger charge is 2.11. The summed E-state index contributed by atoms with van der Waals surface area (Å²) in [7, 11) is 1.51. The summed E-state index contributed by atoms with van der Waals surface area (Å²) in [5.74, 6) is 0.561. The number of benzene rings is 3. The number of hydrogen-bond donors (Lipinski definition) is 1. The zero-order valence-electron chi connectivity index (χ0n) is 16.9. The minimum absolute atomic E-state index is 0.0658. The molecule has 0 spiro atoms. The lowest BCUT2D eigenvalue weighted by Crippen LogP contribution is -2.13. The van der Waals surface area contributed by atoms with Crippen LogP contribution in [0.2, 0.25) is 15.1 Å². The van der Waals surface area contributed by atoms with E-state index in [1.54, 1.807) is 60.7 Å². The van der Waals surface area contributed by atoms with Crippen LogP contribution in [0.3, 0.4) is 0 Å². The lowest BCUT2D eigenvalue weighted by molar-refractivity contribution is -0.112. The molecule has 0 bridgehead atoms. The zero-order chi connectivity index (χ0) is 23.1. The average molecular weight is 488 g/mol. The summed E-state index contributed by atoms with van der Waals surface area (Å²) in [5, 5.41) is 13.5.